The van der Waals surface area contributed by atoms with Crippen molar-refractivity contribution < 1.29 is 42.5 Å². The van der Waals surface area contributed by atoms with Gasteiger partial charge in [0.05, 0.1) is 0 Å². The molecule has 2 aromatic carbocycles. The minimum Gasteiger partial charge on any atom is -0.419 e. The van der Waals surface area contributed by atoms with Crippen molar-refractivity contribution in [3.05, 3.63) is 74.6 Å². The molecule has 8 nitrogen and oxygen atoms in total. The topological polar surface area (TPSA) is 105 Å². The van der Waals surface area contributed by atoms with Crippen LogP contribution in [0.25, 0.3) is 10.8 Å². The van der Waals surface area contributed by atoms with Crippen LogP contribution in [0.1, 0.15) is 0 Å². The first-order valence-electron chi connectivity index (χ1n) is 8.41. The summed E-state index contributed by atoms with van der Waals surface area (Å²) >= 11 is 0. The van der Waals surface area contributed by atoms with Crippen LogP contribution in [-0.4, -0.2) is 23.9 Å². The minimum absolute atomic E-state index is 0.0491. The molecule has 0 aliphatic carbocycles. The van der Waals surface area contributed by atoms with E-state index >= 15 is 4.39 Å². The number of hydrogen-bond donors (Lipinski definition) is 0. The molecular weight excluding hydrogens is 411 g/mol. The molecule has 9 heteroatoms. The molecule has 0 saturated heterocycles. The molecule has 0 aliphatic rings. The average molecular weight is 426 g/mol. The van der Waals surface area contributed by atoms with Crippen LogP contribution >= 0.6 is 0 Å². The molecule has 31 heavy (non-hydrogen) atoms. The van der Waals surface area contributed by atoms with Crippen LogP contribution in [0.4, 0.5) is 4.39 Å². The number of carbonyl (C=O) groups is 4. The molecule has 0 spiro atoms. The second kappa shape index (κ2) is 9.79. The number of ether oxygens (including phenoxy) is 4. The van der Waals surface area contributed by atoms with Crippen molar-refractivity contribution >= 4 is 34.6 Å². The van der Waals surface area contributed by atoms with Gasteiger partial charge in [0.15, 0.2) is 23.1 Å². The van der Waals surface area contributed by atoms with E-state index in [0.717, 1.165) is 42.5 Å². The van der Waals surface area contributed by atoms with E-state index in [1.807, 2.05) is 0 Å². The van der Waals surface area contributed by atoms with Crippen LogP contribution < -0.4 is 18.9 Å². The maximum Gasteiger partial charge on any atom is 0.335 e. The molecule has 0 aliphatic heterocycles. The van der Waals surface area contributed by atoms with Gasteiger partial charge in [0.1, 0.15) is 0 Å². The highest BCUT2D eigenvalue weighted by Gasteiger charge is 2.23. The van der Waals surface area contributed by atoms with Gasteiger partial charge in [-0.15, -0.1) is 0 Å². The molecular formula is C22H15FO8. The number of rotatable bonds is 8. The summed E-state index contributed by atoms with van der Waals surface area (Å²) in [5.41, 5.74) is 0. The molecule has 2 aromatic rings. The molecule has 0 saturated carbocycles. The average Bonchev–Trinajstić information content (AvgIpc) is 2.76. The Bertz CT molecular complexity index is 1140. The lowest BCUT2D eigenvalue weighted by Gasteiger charge is -2.15. The largest absolute Gasteiger partial charge is 0.419 e. The van der Waals surface area contributed by atoms with Gasteiger partial charge in [-0.2, -0.15) is 0 Å². The van der Waals surface area contributed by atoms with Crippen molar-refractivity contribution in [2.24, 2.45) is 0 Å². The highest BCUT2D eigenvalue weighted by atomic mass is 19.1. The Morgan fingerprint density at radius 1 is 0.645 bits per heavy atom. The third kappa shape index (κ3) is 5.30. The smallest absolute Gasteiger partial charge is 0.335 e. The normalized spacial score (nSPS) is 9.84. The summed E-state index contributed by atoms with van der Waals surface area (Å²) in [6, 6.07) is 3.33. The fraction of sp³-hybridized carbons (Fsp3) is 0. The highest BCUT2D eigenvalue weighted by molar-refractivity contribution is 5.95. The lowest BCUT2D eigenvalue weighted by atomic mass is 10.1. The first kappa shape index (κ1) is 22.8. The number of carbonyl (C=O) groups excluding carboxylic acids is 4. The van der Waals surface area contributed by atoms with Crippen molar-refractivity contribution in [3.8, 4) is 23.0 Å². The summed E-state index contributed by atoms with van der Waals surface area (Å²) in [5, 5.41) is -0.163. The fourth-order valence-electron chi connectivity index (χ4n) is 2.25. The Hall–Kier alpha value is -4.53. The van der Waals surface area contributed by atoms with Crippen molar-refractivity contribution in [1.82, 2.24) is 0 Å². The predicted octanol–water partition coefficient (Wildman–Crippen LogP) is 3.34. The van der Waals surface area contributed by atoms with Gasteiger partial charge in [-0.05, 0) is 23.6 Å². The van der Waals surface area contributed by atoms with E-state index in [-0.39, 0.29) is 22.3 Å². The number of benzene rings is 2. The molecule has 0 N–H and O–H groups in total. The van der Waals surface area contributed by atoms with Crippen molar-refractivity contribution in [2.45, 2.75) is 0 Å². The fourth-order valence-corrected chi connectivity index (χ4v) is 2.25. The monoisotopic (exact) mass is 426 g/mol. The summed E-state index contributed by atoms with van der Waals surface area (Å²) in [6.07, 6.45) is 3.29. The zero-order valence-corrected chi connectivity index (χ0v) is 16.0. The predicted molar refractivity (Wildman–Crippen MR) is 107 cm³/mol. The Balaban J connectivity index is 2.79. The van der Waals surface area contributed by atoms with Crippen LogP contribution in [0.15, 0.2) is 68.8 Å². The Labute approximate surface area is 175 Å². The first-order valence-corrected chi connectivity index (χ1v) is 8.41. The zero-order valence-electron chi connectivity index (χ0n) is 16.0. The van der Waals surface area contributed by atoms with Gasteiger partial charge in [0, 0.05) is 29.7 Å². The van der Waals surface area contributed by atoms with Crippen molar-refractivity contribution in [1.29, 1.82) is 0 Å². The van der Waals surface area contributed by atoms with E-state index < -0.39 is 41.2 Å². The maximum atomic E-state index is 15.2. The molecule has 0 bridgehead atoms. The van der Waals surface area contributed by atoms with Crippen LogP contribution in [0.5, 0.6) is 23.0 Å². The molecule has 0 aromatic heterocycles. The van der Waals surface area contributed by atoms with Crippen molar-refractivity contribution in [2.75, 3.05) is 0 Å². The third-order valence-corrected chi connectivity index (χ3v) is 3.56. The SMILES string of the molecule is C=CC(=O)Oc1cc2cc(OC(=O)C=C)c(OC(=O)C=C)c(F)c2cc1OC(=O)C=C. The van der Waals surface area contributed by atoms with E-state index in [1.54, 1.807) is 0 Å². The molecule has 0 radical (unpaired) electrons. The van der Waals surface area contributed by atoms with Gasteiger partial charge >= 0.3 is 23.9 Å². The second-order valence-electron chi connectivity index (χ2n) is 5.54. The van der Waals surface area contributed by atoms with E-state index in [1.165, 1.54) is 0 Å². The Morgan fingerprint density at radius 2 is 1.03 bits per heavy atom. The van der Waals surface area contributed by atoms with Gasteiger partial charge in [-0.1, -0.05) is 26.3 Å². The zero-order chi connectivity index (χ0) is 23.1. The standard InChI is InChI=1S/C22H15FO8/c1-5-17(24)28-14-9-12-10-16(30-19(26)7-3)22(31-20(27)8-4)21(23)13(12)11-15(14)29-18(25)6-2/h5-11H,1-4H2. The Kier molecular flexibility index (Phi) is 7.19. The molecule has 0 amide bonds. The van der Waals surface area contributed by atoms with Gasteiger partial charge in [-0.25, -0.2) is 23.6 Å². The van der Waals surface area contributed by atoms with E-state index in [9.17, 15) is 19.2 Å². The van der Waals surface area contributed by atoms with Gasteiger partial charge in [0.25, 0.3) is 0 Å². The number of esters is 4. The first-order chi connectivity index (χ1) is 14.7. The summed E-state index contributed by atoms with van der Waals surface area (Å²) in [5.74, 6) is -6.67. The molecule has 0 heterocycles. The third-order valence-electron chi connectivity index (χ3n) is 3.56. The van der Waals surface area contributed by atoms with Gasteiger partial charge in [-0.3, -0.25) is 0 Å². The molecule has 2 rings (SSSR count). The quantitative estimate of drug-likeness (QED) is 0.360. The maximum absolute atomic E-state index is 15.2. The second-order valence-corrected chi connectivity index (χ2v) is 5.54. The molecule has 0 fully saturated rings. The number of hydrogen-bond acceptors (Lipinski definition) is 8. The summed E-state index contributed by atoms with van der Waals surface area (Å²) in [6.45, 7) is 13.0. The lowest BCUT2D eigenvalue weighted by molar-refractivity contribution is -0.131. The van der Waals surface area contributed by atoms with E-state index in [0.29, 0.717) is 0 Å². The number of fused-ring (bicyclic) bond motifs is 1. The van der Waals surface area contributed by atoms with Gasteiger partial charge < -0.3 is 18.9 Å². The molecule has 0 atom stereocenters. The van der Waals surface area contributed by atoms with Crippen molar-refractivity contribution in [3.63, 3.8) is 0 Å². The Morgan fingerprint density at radius 3 is 1.52 bits per heavy atom. The summed E-state index contributed by atoms with van der Waals surface area (Å²) in [7, 11) is 0. The molecule has 158 valence electrons. The summed E-state index contributed by atoms with van der Waals surface area (Å²) < 4.78 is 35.1. The summed E-state index contributed by atoms with van der Waals surface area (Å²) in [4.78, 5) is 46.5. The van der Waals surface area contributed by atoms with E-state index in [4.69, 9.17) is 18.9 Å². The van der Waals surface area contributed by atoms with Crippen LogP contribution in [0.2, 0.25) is 0 Å². The van der Waals surface area contributed by atoms with Crippen LogP contribution in [-0.2, 0) is 19.2 Å². The lowest BCUT2D eigenvalue weighted by Crippen LogP contribution is -2.11. The minimum atomic E-state index is -1.13. The highest BCUT2D eigenvalue weighted by Crippen LogP contribution is 2.41. The van der Waals surface area contributed by atoms with Crippen LogP contribution in [0, 0.1) is 5.82 Å². The van der Waals surface area contributed by atoms with Crippen LogP contribution in [0.3, 0.4) is 0 Å². The molecule has 0 unspecified atom stereocenters. The van der Waals surface area contributed by atoms with Gasteiger partial charge in [0.2, 0.25) is 5.75 Å². The number of halogens is 1. The van der Waals surface area contributed by atoms with E-state index in [2.05, 4.69) is 26.3 Å².